The molecule has 12 heteroatoms. The number of β-lactam (4-membered cyclic amide) rings is 1. The molecule has 2 amide bonds. The number of carboxylic acids is 2. The molecule has 0 radical (unpaired) electrons. The second-order valence-electron chi connectivity index (χ2n) is 10.7. The highest BCUT2D eigenvalue weighted by Gasteiger charge is 2.60. The number of carbonyl (C=O) groups excluding carboxylic acids is 2. The lowest BCUT2D eigenvalue weighted by molar-refractivity contribution is -0.163. The van der Waals surface area contributed by atoms with Crippen molar-refractivity contribution in [1.82, 2.24) is 9.80 Å². The maximum atomic E-state index is 13.5. The van der Waals surface area contributed by atoms with Crippen LogP contribution in [-0.4, -0.2) is 84.0 Å². The number of nitrogens with one attached hydrogen (secondary N) is 1. The molecule has 216 valence electrons. The first-order chi connectivity index (χ1) is 19.5. The molecule has 0 spiro atoms. The Morgan fingerprint density at radius 2 is 1.83 bits per heavy atom. The molecular formula is C29H31N3O8S. The normalized spacial score (nSPS) is 26.5. The van der Waals surface area contributed by atoms with E-state index in [0.717, 1.165) is 5.56 Å². The number of phenols is 1. The number of aliphatic hydroxyl groups excluding tert-OH is 1. The third kappa shape index (κ3) is 5.42. The fourth-order valence-corrected chi connectivity index (χ4v) is 7.65. The van der Waals surface area contributed by atoms with E-state index < -0.39 is 42.0 Å². The van der Waals surface area contributed by atoms with E-state index in [4.69, 9.17) is 0 Å². The maximum absolute atomic E-state index is 13.5. The minimum Gasteiger partial charge on any atom is -0.508 e. The largest absolute Gasteiger partial charge is 0.508 e. The summed E-state index contributed by atoms with van der Waals surface area (Å²) in [6, 6.07) is 11.6. The number of nitrogens with zero attached hydrogens (tertiary/aromatic N) is 2. The second kappa shape index (κ2) is 11.2. The van der Waals surface area contributed by atoms with Crippen LogP contribution >= 0.6 is 11.8 Å². The fraction of sp³-hybridized carbons (Fsp3) is 0.379. The number of likely N-dealkylation sites (tertiary alicyclic amines) is 1. The van der Waals surface area contributed by atoms with Gasteiger partial charge in [-0.2, -0.15) is 0 Å². The zero-order valence-electron chi connectivity index (χ0n) is 22.4. The molecular weight excluding hydrogens is 550 g/mol. The third-order valence-electron chi connectivity index (χ3n) is 7.95. The molecule has 5 N–H and O–H groups in total. The summed E-state index contributed by atoms with van der Waals surface area (Å²) in [4.78, 5) is 53.7. The number of benzene rings is 2. The predicted molar refractivity (Wildman–Crippen MR) is 150 cm³/mol. The highest BCUT2D eigenvalue weighted by Crippen LogP contribution is 2.52. The summed E-state index contributed by atoms with van der Waals surface area (Å²) in [5.74, 6) is -3.92. The molecule has 11 nitrogen and oxygen atoms in total. The maximum Gasteiger partial charge on any atom is 0.353 e. The van der Waals surface area contributed by atoms with Crippen LogP contribution in [0.25, 0.3) is 0 Å². The van der Waals surface area contributed by atoms with Crippen molar-refractivity contribution in [3.8, 4) is 5.75 Å². The Kier molecular flexibility index (Phi) is 7.82. The van der Waals surface area contributed by atoms with Crippen molar-refractivity contribution in [1.29, 1.82) is 0 Å². The number of anilines is 1. The number of amides is 2. The molecule has 0 bridgehead atoms. The standard InChI is InChI=1S/C29H31N3O8S/c1-14-23-22(15(2)33)27(36)32(23)24(29(39)40)25(14)41-20-11-21(31(13-20)12-16-5-3-8-19(34)9-16)26(35)30-18-7-4-6-17(10-18)28(37)38/h3-10,14-15,20-23,33-34H,11-13H2,1-2H3,(H,30,35)(H,37,38)(H,39,40)/t14-,15-,20+,21+,22-,23-/m1/s1. The molecule has 0 unspecified atom stereocenters. The van der Waals surface area contributed by atoms with Gasteiger partial charge in [0.25, 0.3) is 0 Å². The summed E-state index contributed by atoms with van der Waals surface area (Å²) in [7, 11) is 0. The van der Waals surface area contributed by atoms with Crippen LogP contribution in [0.2, 0.25) is 0 Å². The van der Waals surface area contributed by atoms with E-state index in [1.54, 1.807) is 30.3 Å². The van der Waals surface area contributed by atoms with Crippen molar-refractivity contribution in [2.24, 2.45) is 11.8 Å². The summed E-state index contributed by atoms with van der Waals surface area (Å²) in [5, 5.41) is 42.0. The van der Waals surface area contributed by atoms with Gasteiger partial charge in [-0.1, -0.05) is 25.1 Å². The van der Waals surface area contributed by atoms with E-state index in [-0.39, 0.29) is 34.1 Å². The summed E-state index contributed by atoms with van der Waals surface area (Å²) < 4.78 is 0. The van der Waals surface area contributed by atoms with Crippen LogP contribution in [0.15, 0.2) is 59.1 Å². The van der Waals surface area contributed by atoms with E-state index in [2.05, 4.69) is 5.32 Å². The van der Waals surface area contributed by atoms with Crippen LogP contribution in [0, 0.1) is 11.8 Å². The molecule has 0 aliphatic carbocycles. The van der Waals surface area contributed by atoms with Gasteiger partial charge in [0.15, 0.2) is 0 Å². The van der Waals surface area contributed by atoms with Gasteiger partial charge in [0.1, 0.15) is 11.4 Å². The van der Waals surface area contributed by atoms with Gasteiger partial charge in [-0.05, 0) is 49.2 Å². The van der Waals surface area contributed by atoms with E-state index in [9.17, 15) is 39.6 Å². The number of rotatable bonds is 9. The Hall–Kier alpha value is -3.87. The smallest absolute Gasteiger partial charge is 0.353 e. The highest BCUT2D eigenvalue weighted by molar-refractivity contribution is 8.03. The van der Waals surface area contributed by atoms with Gasteiger partial charge in [0.2, 0.25) is 11.8 Å². The summed E-state index contributed by atoms with van der Waals surface area (Å²) in [5.41, 5.74) is 1.11. The van der Waals surface area contributed by atoms with Crippen molar-refractivity contribution < 1.29 is 39.6 Å². The molecule has 6 atom stereocenters. The molecule has 2 aromatic carbocycles. The monoisotopic (exact) mass is 581 g/mol. The number of thioether (sulfide) groups is 1. The number of aliphatic hydroxyl groups is 1. The lowest BCUT2D eigenvalue weighted by Crippen LogP contribution is -2.63. The number of aromatic hydroxyl groups is 1. The average molecular weight is 582 g/mol. The molecule has 3 aliphatic rings. The van der Waals surface area contributed by atoms with Crippen molar-refractivity contribution in [2.45, 2.75) is 50.3 Å². The minimum absolute atomic E-state index is 0.0392. The van der Waals surface area contributed by atoms with Crippen molar-refractivity contribution in [2.75, 3.05) is 11.9 Å². The number of hydrogen-bond acceptors (Lipinski definition) is 8. The number of phenolic OH excluding ortho intramolecular Hbond substituents is 1. The molecule has 0 saturated carbocycles. The summed E-state index contributed by atoms with van der Waals surface area (Å²) in [6.07, 6.45) is -0.530. The predicted octanol–water partition coefficient (Wildman–Crippen LogP) is 2.56. The van der Waals surface area contributed by atoms with Gasteiger partial charge < -0.3 is 30.6 Å². The summed E-state index contributed by atoms with van der Waals surface area (Å²) >= 11 is 1.35. The van der Waals surface area contributed by atoms with Crippen LogP contribution in [-0.2, 0) is 20.9 Å². The Labute approximate surface area is 240 Å². The SMILES string of the molecule is C[C@@H](O)[C@H]1C(=O)N2C(C(=O)O)=C(S[C@H]3C[C@@H](C(=O)Nc4cccc(C(=O)O)c4)N(Cc4cccc(O)c4)C3)[C@H](C)[C@H]12. The van der Waals surface area contributed by atoms with Crippen LogP contribution in [0.1, 0.15) is 36.2 Å². The Bertz CT molecular complexity index is 1440. The molecule has 2 saturated heterocycles. The van der Waals surface area contributed by atoms with Crippen LogP contribution in [0.5, 0.6) is 5.75 Å². The Balaban J connectivity index is 1.39. The van der Waals surface area contributed by atoms with Gasteiger partial charge in [0, 0.05) is 34.8 Å². The number of fused-ring (bicyclic) bond motifs is 1. The second-order valence-corrected chi connectivity index (χ2v) is 12.1. The number of carboxylic acid groups (broad SMARTS) is 2. The lowest BCUT2D eigenvalue weighted by atomic mass is 9.79. The Morgan fingerprint density at radius 3 is 2.49 bits per heavy atom. The quantitative estimate of drug-likeness (QED) is 0.278. The van der Waals surface area contributed by atoms with Crippen molar-refractivity contribution in [3.63, 3.8) is 0 Å². The number of hydrogen-bond donors (Lipinski definition) is 5. The van der Waals surface area contributed by atoms with E-state index in [1.165, 1.54) is 35.7 Å². The molecule has 2 aromatic rings. The zero-order chi connectivity index (χ0) is 29.6. The van der Waals surface area contributed by atoms with Crippen LogP contribution < -0.4 is 5.32 Å². The molecule has 5 rings (SSSR count). The fourth-order valence-electron chi connectivity index (χ4n) is 6.10. The zero-order valence-corrected chi connectivity index (χ0v) is 23.2. The van der Waals surface area contributed by atoms with Gasteiger partial charge in [-0.25, -0.2) is 9.59 Å². The summed E-state index contributed by atoms with van der Waals surface area (Å²) in [6.45, 7) is 4.16. The van der Waals surface area contributed by atoms with Crippen molar-refractivity contribution >= 4 is 41.2 Å². The molecule has 2 fully saturated rings. The van der Waals surface area contributed by atoms with Crippen LogP contribution in [0.3, 0.4) is 0 Å². The van der Waals surface area contributed by atoms with E-state index in [1.807, 2.05) is 17.9 Å². The van der Waals surface area contributed by atoms with Gasteiger partial charge in [-0.3, -0.25) is 14.5 Å². The lowest BCUT2D eigenvalue weighted by Gasteiger charge is -2.46. The molecule has 3 aliphatic heterocycles. The van der Waals surface area contributed by atoms with Gasteiger partial charge in [-0.15, -0.1) is 11.8 Å². The molecule has 41 heavy (non-hydrogen) atoms. The Morgan fingerprint density at radius 1 is 1.10 bits per heavy atom. The number of aromatic carboxylic acids is 1. The number of carbonyl (C=O) groups is 4. The van der Waals surface area contributed by atoms with E-state index >= 15 is 0 Å². The average Bonchev–Trinajstić information content (AvgIpc) is 3.40. The van der Waals surface area contributed by atoms with E-state index in [0.29, 0.717) is 30.1 Å². The van der Waals surface area contributed by atoms with Crippen molar-refractivity contribution in [3.05, 3.63) is 70.3 Å². The van der Waals surface area contributed by atoms with Crippen LogP contribution in [0.4, 0.5) is 5.69 Å². The first-order valence-electron chi connectivity index (χ1n) is 13.3. The van der Waals surface area contributed by atoms with Gasteiger partial charge in [0.05, 0.1) is 29.7 Å². The molecule has 3 heterocycles. The number of aliphatic carboxylic acids is 1. The third-order valence-corrected chi connectivity index (χ3v) is 9.44. The first kappa shape index (κ1) is 28.7. The molecule has 0 aromatic heterocycles. The topological polar surface area (TPSA) is 168 Å². The first-order valence-corrected chi connectivity index (χ1v) is 14.2. The highest BCUT2D eigenvalue weighted by atomic mass is 32.2. The minimum atomic E-state index is -1.21. The van der Waals surface area contributed by atoms with Gasteiger partial charge >= 0.3 is 11.9 Å².